The van der Waals surface area contributed by atoms with Crippen LogP contribution in [0.1, 0.15) is 36.6 Å². The maximum Gasteiger partial charge on any atom is 0.225 e. The van der Waals surface area contributed by atoms with Gasteiger partial charge in [-0.2, -0.15) is 5.10 Å². The molecular formula is C21H22N4O3S. The highest BCUT2D eigenvalue weighted by atomic mass is 32.2. The molecule has 0 unspecified atom stereocenters. The minimum absolute atomic E-state index is 0.108. The van der Waals surface area contributed by atoms with Gasteiger partial charge in [-0.05, 0) is 56.2 Å². The Morgan fingerprint density at radius 1 is 1.10 bits per heavy atom. The number of rotatable bonds is 7. The Kier molecular flexibility index (Phi) is 5.19. The van der Waals surface area contributed by atoms with Crippen LogP contribution in [0.25, 0.3) is 11.4 Å². The Bertz CT molecular complexity index is 1120. The second-order valence-electron chi connectivity index (χ2n) is 7.33. The molecule has 0 aliphatic heterocycles. The smallest absolute Gasteiger partial charge is 0.225 e. The van der Waals surface area contributed by atoms with Crippen molar-refractivity contribution >= 4 is 21.4 Å². The van der Waals surface area contributed by atoms with Crippen molar-refractivity contribution in [1.82, 2.24) is 15.2 Å². The number of hydrogen-bond acceptors (Lipinski definition) is 5. The van der Waals surface area contributed by atoms with Crippen molar-refractivity contribution in [2.24, 2.45) is 0 Å². The van der Waals surface area contributed by atoms with Gasteiger partial charge in [0.25, 0.3) is 0 Å². The number of nitrogens with one attached hydrogen (secondary N) is 2. The first-order valence-corrected chi connectivity index (χ1v) is 11.2. The average molecular weight is 410 g/mol. The third-order valence-corrected chi connectivity index (χ3v) is 6.60. The molecule has 2 N–H and O–H groups in total. The summed E-state index contributed by atoms with van der Waals surface area (Å²) in [6.45, 7) is 1.89. The van der Waals surface area contributed by atoms with E-state index in [0.29, 0.717) is 17.4 Å². The molecule has 0 bridgehead atoms. The predicted molar refractivity (Wildman–Crippen MR) is 110 cm³/mol. The number of H-pyrrole nitrogens is 1. The van der Waals surface area contributed by atoms with E-state index in [-0.39, 0.29) is 23.0 Å². The van der Waals surface area contributed by atoms with E-state index in [9.17, 15) is 13.2 Å². The quantitative estimate of drug-likeness (QED) is 0.621. The fourth-order valence-corrected chi connectivity index (χ4v) is 4.20. The van der Waals surface area contributed by atoms with E-state index in [1.807, 2.05) is 19.1 Å². The third-order valence-electron chi connectivity index (χ3n) is 4.87. The van der Waals surface area contributed by atoms with Crippen LogP contribution in [0.4, 0.5) is 5.69 Å². The number of nitrogens with zero attached hydrogens (tertiary/aromatic N) is 2. The lowest BCUT2D eigenvalue weighted by Crippen LogP contribution is -2.17. The number of amides is 1. The lowest BCUT2D eigenvalue weighted by Gasteiger charge is -2.07. The van der Waals surface area contributed by atoms with Gasteiger partial charge in [0.05, 0.1) is 10.6 Å². The van der Waals surface area contributed by atoms with E-state index < -0.39 is 9.84 Å². The van der Waals surface area contributed by atoms with Crippen molar-refractivity contribution in [2.75, 3.05) is 11.1 Å². The highest BCUT2D eigenvalue weighted by Gasteiger charge is 2.27. The summed E-state index contributed by atoms with van der Waals surface area (Å²) < 4.78 is 24.7. The molecule has 0 spiro atoms. The SMILES string of the molecule is Cc1ccc(S(=O)(=O)CCC(=O)Nc2ccc(-c3n[nH]c(C4CC4)n3)cc2)cc1. The number of sulfone groups is 1. The molecule has 1 heterocycles. The Labute approximate surface area is 169 Å². The van der Waals surface area contributed by atoms with Crippen molar-refractivity contribution in [3.05, 3.63) is 59.9 Å². The van der Waals surface area contributed by atoms with Gasteiger partial charge in [-0.1, -0.05) is 17.7 Å². The summed E-state index contributed by atoms with van der Waals surface area (Å²) in [5.74, 6) is 1.48. The summed E-state index contributed by atoms with van der Waals surface area (Å²) in [6, 6.07) is 13.8. The van der Waals surface area contributed by atoms with Crippen LogP contribution in [-0.4, -0.2) is 35.3 Å². The van der Waals surface area contributed by atoms with Crippen molar-refractivity contribution < 1.29 is 13.2 Å². The largest absolute Gasteiger partial charge is 0.326 e. The number of benzene rings is 2. The molecule has 4 rings (SSSR count). The summed E-state index contributed by atoms with van der Waals surface area (Å²) in [5.41, 5.74) is 2.44. The number of hydrogen-bond donors (Lipinski definition) is 2. The summed E-state index contributed by atoms with van der Waals surface area (Å²) >= 11 is 0. The van der Waals surface area contributed by atoms with Crippen molar-refractivity contribution in [3.63, 3.8) is 0 Å². The summed E-state index contributed by atoms with van der Waals surface area (Å²) in [6.07, 6.45) is 2.20. The first-order valence-electron chi connectivity index (χ1n) is 9.53. The van der Waals surface area contributed by atoms with Crippen LogP contribution in [0.15, 0.2) is 53.4 Å². The fourth-order valence-electron chi connectivity index (χ4n) is 2.96. The van der Waals surface area contributed by atoms with E-state index in [1.54, 1.807) is 36.4 Å². The van der Waals surface area contributed by atoms with Gasteiger partial charge in [-0.25, -0.2) is 13.4 Å². The monoisotopic (exact) mass is 410 g/mol. The van der Waals surface area contributed by atoms with Gasteiger partial charge >= 0.3 is 0 Å². The predicted octanol–water partition coefficient (Wildman–Crippen LogP) is 3.46. The van der Waals surface area contributed by atoms with Crippen molar-refractivity contribution in [2.45, 2.75) is 37.0 Å². The molecule has 1 amide bonds. The molecule has 1 aliphatic carbocycles. The average Bonchev–Trinajstić information content (AvgIpc) is 3.44. The maximum atomic E-state index is 12.4. The van der Waals surface area contributed by atoms with Gasteiger partial charge in [-0.15, -0.1) is 0 Å². The standard InChI is InChI=1S/C21H22N4O3S/c1-14-2-10-18(11-3-14)29(27,28)13-12-19(26)22-17-8-6-16(7-9-17)21-23-20(24-25-21)15-4-5-15/h2-3,6-11,15H,4-5,12-13H2,1H3,(H,22,26)(H,23,24,25). The first-order chi connectivity index (χ1) is 13.9. The van der Waals surface area contributed by atoms with Crippen LogP contribution >= 0.6 is 0 Å². The van der Waals surface area contributed by atoms with Gasteiger partial charge in [0.1, 0.15) is 5.82 Å². The van der Waals surface area contributed by atoms with Crippen LogP contribution in [0.3, 0.4) is 0 Å². The molecule has 0 radical (unpaired) electrons. The number of carbonyl (C=O) groups excluding carboxylic acids is 1. The van der Waals surface area contributed by atoms with Gasteiger partial charge in [0, 0.05) is 23.6 Å². The van der Waals surface area contributed by atoms with E-state index >= 15 is 0 Å². The third kappa shape index (κ3) is 4.71. The normalized spacial score (nSPS) is 14.0. The molecule has 0 atom stereocenters. The summed E-state index contributed by atoms with van der Waals surface area (Å²) in [7, 11) is -3.49. The lowest BCUT2D eigenvalue weighted by molar-refractivity contribution is -0.115. The number of aromatic nitrogens is 3. The number of anilines is 1. The molecule has 8 heteroatoms. The van der Waals surface area contributed by atoms with E-state index in [0.717, 1.165) is 29.8 Å². The van der Waals surface area contributed by atoms with Crippen molar-refractivity contribution in [3.8, 4) is 11.4 Å². The Morgan fingerprint density at radius 2 is 1.79 bits per heavy atom. The minimum atomic E-state index is -3.49. The number of aromatic amines is 1. The molecule has 29 heavy (non-hydrogen) atoms. The van der Waals surface area contributed by atoms with Crippen LogP contribution in [0.5, 0.6) is 0 Å². The van der Waals surface area contributed by atoms with Gasteiger partial charge < -0.3 is 5.32 Å². The van der Waals surface area contributed by atoms with Crippen molar-refractivity contribution in [1.29, 1.82) is 0 Å². The zero-order valence-electron chi connectivity index (χ0n) is 16.1. The second-order valence-corrected chi connectivity index (χ2v) is 9.44. The van der Waals surface area contributed by atoms with Gasteiger partial charge in [-0.3, -0.25) is 9.89 Å². The van der Waals surface area contributed by atoms with Crippen LogP contribution in [0.2, 0.25) is 0 Å². The fraction of sp³-hybridized carbons (Fsp3) is 0.286. The molecule has 150 valence electrons. The zero-order chi connectivity index (χ0) is 20.4. The Morgan fingerprint density at radius 3 is 2.45 bits per heavy atom. The topological polar surface area (TPSA) is 105 Å². The van der Waals surface area contributed by atoms with Crippen LogP contribution in [0, 0.1) is 6.92 Å². The van der Waals surface area contributed by atoms with E-state index in [4.69, 9.17) is 0 Å². The van der Waals surface area contributed by atoms with E-state index in [2.05, 4.69) is 20.5 Å². The Hall–Kier alpha value is -3.00. The van der Waals surface area contributed by atoms with Crippen LogP contribution < -0.4 is 5.32 Å². The molecule has 2 aromatic carbocycles. The summed E-state index contributed by atoms with van der Waals surface area (Å²) in [4.78, 5) is 16.9. The van der Waals surface area contributed by atoms with E-state index in [1.165, 1.54) is 0 Å². The molecule has 1 fully saturated rings. The molecule has 1 saturated carbocycles. The first kappa shape index (κ1) is 19.3. The molecule has 0 saturated heterocycles. The zero-order valence-corrected chi connectivity index (χ0v) is 16.9. The number of aryl methyl sites for hydroxylation is 1. The summed E-state index contributed by atoms with van der Waals surface area (Å²) in [5, 5.41) is 9.95. The lowest BCUT2D eigenvalue weighted by atomic mass is 10.2. The molecular weight excluding hydrogens is 388 g/mol. The van der Waals surface area contributed by atoms with Gasteiger partial charge in [0.15, 0.2) is 15.7 Å². The second kappa shape index (κ2) is 7.79. The number of carbonyl (C=O) groups is 1. The Balaban J connectivity index is 1.33. The maximum absolute atomic E-state index is 12.4. The van der Waals surface area contributed by atoms with Crippen LogP contribution in [-0.2, 0) is 14.6 Å². The molecule has 1 aromatic heterocycles. The molecule has 3 aromatic rings. The highest BCUT2D eigenvalue weighted by Crippen LogP contribution is 2.38. The van der Waals surface area contributed by atoms with Gasteiger partial charge in [0.2, 0.25) is 5.91 Å². The minimum Gasteiger partial charge on any atom is -0.326 e. The molecule has 7 nitrogen and oxygen atoms in total. The highest BCUT2D eigenvalue weighted by molar-refractivity contribution is 7.91. The molecule has 1 aliphatic rings.